The lowest BCUT2D eigenvalue weighted by Gasteiger charge is -2.33. The maximum atomic E-state index is 12.1. The van der Waals surface area contributed by atoms with E-state index in [2.05, 4.69) is 21.8 Å². The Morgan fingerprint density at radius 3 is 2.70 bits per heavy atom. The number of morpholine rings is 1. The van der Waals surface area contributed by atoms with Crippen molar-refractivity contribution < 1.29 is 13.2 Å². The van der Waals surface area contributed by atoms with Crippen LogP contribution < -0.4 is 4.72 Å². The second-order valence-electron chi connectivity index (χ2n) is 6.18. The summed E-state index contributed by atoms with van der Waals surface area (Å²) in [6.45, 7) is 7.06. The number of rotatable bonds is 7. The highest BCUT2D eigenvalue weighted by molar-refractivity contribution is 7.87. The predicted molar refractivity (Wildman–Crippen MR) is 91.3 cm³/mol. The molecule has 130 valence electrons. The lowest BCUT2D eigenvalue weighted by atomic mass is 10.2. The third-order valence-corrected chi connectivity index (χ3v) is 5.78. The standard InChI is InChI=1S/C16H27N3O3S/c1-14(2)18(3)23(20,21)17-11-16-13-19(9-10-22-16)12-15-7-5-4-6-8-15/h4-8,14,16-17H,9-13H2,1-3H3. The van der Waals surface area contributed by atoms with Crippen LogP contribution in [-0.2, 0) is 21.5 Å². The van der Waals surface area contributed by atoms with E-state index in [1.807, 2.05) is 32.0 Å². The molecule has 0 aromatic heterocycles. The van der Waals surface area contributed by atoms with Gasteiger partial charge in [-0.3, -0.25) is 4.90 Å². The van der Waals surface area contributed by atoms with Crippen molar-refractivity contribution in [2.24, 2.45) is 0 Å². The van der Waals surface area contributed by atoms with E-state index >= 15 is 0 Å². The van der Waals surface area contributed by atoms with E-state index in [0.29, 0.717) is 13.2 Å². The van der Waals surface area contributed by atoms with E-state index in [0.717, 1.165) is 19.6 Å². The van der Waals surface area contributed by atoms with Gasteiger partial charge in [-0.1, -0.05) is 30.3 Å². The third kappa shape index (κ3) is 5.54. The highest BCUT2D eigenvalue weighted by atomic mass is 32.2. The Kier molecular flexibility index (Phi) is 6.55. The molecule has 1 saturated heterocycles. The van der Waals surface area contributed by atoms with Gasteiger partial charge in [0.25, 0.3) is 10.2 Å². The van der Waals surface area contributed by atoms with Gasteiger partial charge in [-0.05, 0) is 19.4 Å². The first-order valence-corrected chi connectivity index (χ1v) is 9.43. The molecule has 1 N–H and O–H groups in total. The predicted octanol–water partition coefficient (Wildman–Crippen LogP) is 1.06. The quantitative estimate of drug-likeness (QED) is 0.806. The molecule has 1 aromatic rings. The number of hydrogen-bond donors (Lipinski definition) is 1. The number of nitrogens with one attached hydrogen (secondary N) is 1. The lowest BCUT2D eigenvalue weighted by Crippen LogP contribution is -2.50. The molecule has 1 aliphatic rings. The lowest BCUT2D eigenvalue weighted by molar-refractivity contribution is -0.0278. The normalized spacial score (nSPS) is 20.3. The van der Waals surface area contributed by atoms with Gasteiger partial charge < -0.3 is 4.74 Å². The average Bonchev–Trinajstić information content (AvgIpc) is 2.53. The Labute approximate surface area is 139 Å². The highest BCUT2D eigenvalue weighted by Gasteiger charge is 2.25. The van der Waals surface area contributed by atoms with E-state index in [1.165, 1.54) is 9.87 Å². The first-order chi connectivity index (χ1) is 10.9. The van der Waals surface area contributed by atoms with E-state index in [4.69, 9.17) is 4.74 Å². The molecule has 0 spiro atoms. The molecule has 0 amide bonds. The summed E-state index contributed by atoms with van der Waals surface area (Å²) in [5.74, 6) is 0. The van der Waals surface area contributed by atoms with Gasteiger partial charge in [0.15, 0.2) is 0 Å². The molecular weight excluding hydrogens is 314 g/mol. The van der Waals surface area contributed by atoms with Crippen LogP contribution in [0.4, 0.5) is 0 Å². The molecule has 0 bridgehead atoms. The van der Waals surface area contributed by atoms with Crippen LogP contribution in [-0.4, -0.2) is 63.1 Å². The second-order valence-corrected chi connectivity index (χ2v) is 7.99. The molecule has 1 aromatic carbocycles. The fourth-order valence-corrected chi connectivity index (χ4v) is 3.62. The molecule has 1 heterocycles. The summed E-state index contributed by atoms with van der Waals surface area (Å²) in [6.07, 6.45) is -0.122. The van der Waals surface area contributed by atoms with Gasteiger partial charge in [-0.25, -0.2) is 0 Å². The molecule has 1 atom stereocenters. The van der Waals surface area contributed by atoms with Crippen molar-refractivity contribution in [1.82, 2.24) is 13.9 Å². The maximum absolute atomic E-state index is 12.1. The first-order valence-electron chi connectivity index (χ1n) is 7.99. The number of benzene rings is 1. The summed E-state index contributed by atoms with van der Waals surface area (Å²) in [5.41, 5.74) is 1.26. The average molecular weight is 341 g/mol. The number of nitrogens with zero attached hydrogens (tertiary/aromatic N) is 2. The van der Waals surface area contributed by atoms with Gasteiger partial charge in [0.1, 0.15) is 0 Å². The zero-order chi connectivity index (χ0) is 16.9. The van der Waals surface area contributed by atoms with Crippen molar-refractivity contribution in [1.29, 1.82) is 0 Å². The topological polar surface area (TPSA) is 61.9 Å². The van der Waals surface area contributed by atoms with Crippen LogP contribution in [0, 0.1) is 0 Å². The van der Waals surface area contributed by atoms with Gasteiger partial charge in [-0.2, -0.15) is 17.4 Å². The van der Waals surface area contributed by atoms with Crippen LogP contribution in [0.3, 0.4) is 0 Å². The van der Waals surface area contributed by atoms with E-state index in [-0.39, 0.29) is 12.1 Å². The van der Waals surface area contributed by atoms with Gasteiger partial charge in [0.05, 0.1) is 12.7 Å². The van der Waals surface area contributed by atoms with Gasteiger partial charge >= 0.3 is 0 Å². The molecule has 1 fully saturated rings. The zero-order valence-electron chi connectivity index (χ0n) is 14.1. The molecule has 6 nitrogen and oxygen atoms in total. The molecular formula is C16H27N3O3S. The fourth-order valence-electron chi connectivity index (χ4n) is 2.47. The molecule has 7 heteroatoms. The smallest absolute Gasteiger partial charge is 0.279 e. The van der Waals surface area contributed by atoms with Crippen LogP contribution >= 0.6 is 0 Å². The first kappa shape index (κ1) is 18.4. The molecule has 0 aliphatic carbocycles. The molecule has 1 aliphatic heterocycles. The maximum Gasteiger partial charge on any atom is 0.279 e. The molecule has 0 saturated carbocycles. The Morgan fingerprint density at radius 1 is 1.35 bits per heavy atom. The largest absolute Gasteiger partial charge is 0.374 e. The zero-order valence-corrected chi connectivity index (χ0v) is 14.9. The van der Waals surface area contributed by atoms with Crippen molar-refractivity contribution in [2.75, 3.05) is 33.3 Å². The van der Waals surface area contributed by atoms with Crippen LogP contribution in [0.2, 0.25) is 0 Å². The SMILES string of the molecule is CC(C)N(C)S(=O)(=O)NCC1CN(Cc2ccccc2)CCO1. The second kappa shape index (κ2) is 8.21. The minimum absolute atomic E-state index is 0.0747. The van der Waals surface area contributed by atoms with Crippen LogP contribution in [0.15, 0.2) is 30.3 Å². The molecule has 0 radical (unpaired) electrons. The highest BCUT2D eigenvalue weighted by Crippen LogP contribution is 2.10. The van der Waals surface area contributed by atoms with Crippen LogP contribution in [0.5, 0.6) is 0 Å². The fraction of sp³-hybridized carbons (Fsp3) is 0.625. The van der Waals surface area contributed by atoms with Crippen LogP contribution in [0.25, 0.3) is 0 Å². The summed E-state index contributed by atoms with van der Waals surface area (Å²) < 4.78 is 33.9. The van der Waals surface area contributed by atoms with Crippen molar-refractivity contribution in [3.63, 3.8) is 0 Å². The number of hydrogen-bond acceptors (Lipinski definition) is 4. The van der Waals surface area contributed by atoms with E-state index < -0.39 is 10.2 Å². The summed E-state index contributed by atoms with van der Waals surface area (Å²) in [6, 6.07) is 10.2. The summed E-state index contributed by atoms with van der Waals surface area (Å²) in [7, 11) is -1.87. The monoisotopic (exact) mass is 341 g/mol. The minimum atomic E-state index is -3.45. The van der Waals surface area contributed by atoms with Crippen molar-refractivity contribution in [2.45, 2.75) is 32.5 Å². The summed E-state index contributed by atoms with van der Waals surface area (Å²) >= 11 is 0. The Bertz CT molecular complexity index is 577. The Morgan fingerprint density at radius 2 is 2.04 bits per heavy atom. The van der Waals surface area contributed by atoms with E-state index in [1.54, 1.807) is 7.05 Å². The Balaban J connectivity index is 1.84. The van der Waals surface area contributed by atoms with Gasteiger partial charge in [0, 0.05) is 39.3 Å². The molecule has 2 rings (SSSR count). The Hall–Kier alpha value is -0.990. The van der Waals surface area contributed by atoms with Gasteiger partial charge in [-0.15, -0.1) is 0 Å². The summed E-state index contributed by atoms with van der Waals surface area (Å²) in [5, 5.41) is 0. The van der Waals surface area contributed by atoms with Crippen molar-refractivity contribution in [3.8, 4) is 0 Å². The molecule has 23 heavy (non-hydrogen) atoms. The van der Waals surface area contributed by atoms with Crippen molar-refractivity contribution >= 4 is 10.2 Å². The number of ether oxygens (including phenoxy) is 1. The summed E-state index contributed by atoms with van der Waals surface area (Å²) in [4.78, 5) is 2.30. The van der Waals surface area contributed by atoms with E-state index in [9.17, 15) is 8.42 Å². The van der Waals surface area contributed by atoms with Gasteiger partial charge in [0.2, 0.25) is 0 Å². The molecule has 1 unspecified atom stereocenters. The third-order valence-electron chi connectivity index (χ3n) is 4.07. The van der Waals surface area contributed by atoms with Crippen LogP contribution in [0.1, 0.15) is 19.4 Å². The van der Waals surface area contributed by atoms with Crippen molar-refractivity contribution in [3.05, 3.63) is 35.9 Å². The minimum Gasteiger partial charge on any atom is -0.374 e.